The summed E-state index contributed by atoms with van der Waals surface area (Å²) in [6, 6.07) is 9.64. The molecule has 0 aliphatic carbocycles. The molecule has 1 aromatic carbocycles. The van der Waals surface area contributed by atoms with Crippen LogP contribution in [0.3, 0.4) is 0 Å². The summed E-state index contributed by atoms with van der Waals surface area (Å²) in [6.45, 7) is 6.76. The summed E-state index contributed by atoms with van der Waals surface area (Å²) < 4.78 is 5.31. The molecule has 0 spiro atoms. The SMILES string of the molecule is CCNc1ccc(C)cc1C(=O)NC(C)Cc1ccco1. The topological polar surface area (TPSA) is 54.3 Å². The summed E-state index contributed by atoms with van der Waals surface area (Å²) >= 11 is 0. The van der Waals surface area contributed by atoms with Crippen LogP contribution in [0.4, 0.5) is 5.69 Å². The lowest BCUT2D eigenvalue weighted by atomic mass is 10.1. The number of amides is 1. The Morgan fingerprint density at radius 2 is 2.14 bits per heavy atom. The average molecular weight is 286 g/mol. The molecular weight excluding hydrogens is 264 g/mol. The van der Waals surface area contributed by atoms with Gasteiger partial charge < -0.3 is 15.1 Å². The number of benzene rings is 1. The lowest BCUT2D eigenvalue weighted by Crippen LogP contribution is -2.34. The number of carbonyl (C=O) groups excluding carboxylic acids is 1. The van der Waals surface area contributed by atoms with Gasteiger partial charge in [-0.2, -0.15) is 0 Å². The quantitative estimate of drug-likeness (QED) is 0.856. The molecule has 0 aliphatic heterocycles. The highest BCUT2D eigenvalue weighted by atomic mass is 16.3. The zero-order valence-corrected chi connectivity index (χ0v) is 12.8. The van der Waals surface area contributed by atoms with Crippen LogP contribution >= 0.6 is 0 Å². The van der Waals surface area contributed by atoms with Crippen molar-refractivity contribution in [1.82, 2.24) is 5.32 Å². The first-order valence-corrected chi connectivity index (χ1v) is 7.28. The Kier molecular flexibility index (Phi) is 5.04. The van der Waals surface area contributed by atoms with E-state index in [1.807, 2.05) is 51.1 Å². The molecule has 4 heteroatoms. The molecule has 1 atom stereocenters. The summed E-state index contributed by atoms with van der Waals surface area (Å²) in [6.07, 6.45) is 2.33. The van der Waals surface area contributed by atoms with Gasteiger partial charge in [0.05, 0.1) is 11.8 Å². The smallest absolute Gasteiger partial charge is 0.253 e. The average Bonchev–Trinajstić information content (AvgIpc) is 2.93. The predicted octanol–water partition coefficient (Wildman–Crippen LogP) is 3.38. The second-order valence-electron chi connectivity index (χ2n) is 5.24. The van der Waals surface area contributed by atoms with Gasteiger partial charge in [-0.25, -0.2) is 0 Å². The van der Waals surface area contributed by atoms with E-state index in [-0.39, 0.29) is 11.9 Å². The second kappa shape index (κ2) is 6.97. The van der Waals surface area contributed by atoms with E-state index in [0.717, 1.165) is 23.6 Å². The molecule has 0 saturated heterocycles. The van der Waals surface area contributed by atoms with E-state index in [0.29, 0.717) is 12.0 Å². The van der Waals surface area contributed by atoms with Gasteiger partial charge in [0.2, 0.25) is 0 Å². The highest BCUT2D eigenvalue weighted by molar-refractivity contribution is 6.00. The second-order valence-corrected chi connectivity index (χ2v) is 5.24. The number of nitrogens with one attached hydrogen (secondary N) is 2. The number of hydrogen-bond donors (Lipinski definition) is 2. The van der Waals surface area contributed by atoms with Crippen LogP contribution in [0.15, 0.2) is 41.0 Å². The number of hydrogen-bond acceptors (Lipinski definition) is 3. The van der Waals surface area contributed by atoms with Crippen LogP contribution < -0.4 is 10.6 Å². The molecule has 2 N–H and O–H groups in total. The third-order valence-electron chi connectivity index (χ3n) is 3.25. The standard InChI is InChI=1S/C17H22N2O2/c1-4-18-16-8-7-12(2)10-15(16)17(20)19-13(3)11-14-6-5-9-21-14/h5-10,13,18H,4,11H2,1-3H3,(H,19,20). The van der Waals surface area contributed by atoms with Gasteiger partial charge in [-0.1, -0.05) is 11.6 Å². The Morgan fingerprint density at radius 1 is 1.33 bits per heavy atom. The van der Waals surface area contributed by atoms with Crippen LogP contribution in [0.2, 0.25) is 0 Å². The minimum Gasteiger partial charge on any atom is -0.469 e. The maximum Gasteiger partial charge on any atom is 0.253 e. The van der Waals surface area contributed by atoms with Gasteiger partial charge >= 0.3 is 0 Å². The first-order chi connectivity index (χ1) is 10.1. The number of furan rings is 1. The molecule has 2 rings (SSSR count). The zero-order chi connectivity index (χ0) is 15.2. The molecule has 4 nitrogen and oxygen atoms in total. The van der Waals surface area contributed by atoms with E-state index in [9.17, 15) is 4.79 Å². The van der Waals surface area contributed by atoms with Crippen LogP contribution in [0.5, 0.6) is 0 Å². The molecule has 0 saturated carbocycles. The van der Waals surface area contributed by atoms with E-state index < -0.39 is 0 Å². The molecule has 1 heterocycles. The monoisotopic (exact) mass is 286 g/mol. The third-order valence-corrected chi connectivity index (χ3v) is 3.25. The summed E-state index contributed by atoms with van der Waals surface area (Å²) in [5.41, 5.74) is 2.62. The first-order valence-electron chi connectivity index (χ1n) is 7.28. The van der Waals surface area contributed by atoms with E-state index in [2.05, 4.69) is 10.6 Å². The zero-order valence-electron chi connectivity index (χ0n) is 12.8. The predicted molar refractivity (Wildman–Crippen MR) is 84.7 cm³/mol. The summed E-state index contributed by atoms with van der Waals surface area (Å²) in [7, 11) is 0. The van der Waals surface area contributed by atoms with Crippen LogP contribution in [-0.2, 0) is 6.42 Å². The van der Waals surface area contributed by atoms with Crippen molar-refractivity contribution >= 4 is 11.6 Å². The van der Waals surface area contributed by atoms with Crippen molar-refractivity contribution in [2.75, 3.05) is 11.9 Å². The largest absolute Gasteiger partial charge is 0.469 e. The molecular formula is C17H22N2O2. The molecule has 0 fully saturated rings. The van der Waals surface area contributed by atoms with Crippen LogP contribution in [-0.4, -0.2) is 18.5 Å². The van der Waals surface area contributed by atoms with E-state index in [1.165, 1.54) is 0 Å². The summed E-state index contributed by atoms with van der Waals surface area (Å²) in [4.78, 5) is 12.4. The number of anilines is 1. The lowest BCUT2D eigenvalue weighted by Gasteiger charge is -2.16. The van der Waals surface area contributed by atoms with Crippen LogP contribution in [0.1, 0.15) is 35.5 Å². The molecule has 1 amide bonds. The van der Waals surface area contributed by atoms with Gasteiger partial charge in [0.1, 0.15) is 5.76 Å². The maximum atomic E-state index is 12.4. The Morgan fingerprint density at radius 3 is 2.81 bits per heavy atom. The van der Waals surface area contributed by atoms with Crippen molar-refractivity contribution in [3.8, 4) is 0 Å². The summed E-state index contributed by atoms with van der Waals surface area (Å²) in [5, 5.41) is 6.25. The Bertz CT molecular complexity index is 591. The van der Waals surface area contributed by atoms with Crippen molar-refractivity contribution in [3.63, 3.8) is 0 Å². The molecule has 21 heavy (non-hydrogen) atoms. The van der Waals surface area contributed by atoms with Crippen molar-refractivity contribution < 1.29 is 9.21 Å². The molecule has 0 radical (unpaired) electrons. The Labute approximate surface area is 125 Å². The van der Waals surface area contributed by atoms with Gasteiger partial charge in [0, 0.05) is 24.7 Å². The van der Waals surface area contributed by atoms with Crippen LogP contribution in [0, 0.1) is 6.92 Å². The Balaban J connectivity index is 2.07. The van der Waals surface area contributed by atoms with Crippen molar-refractivity contribution in [2.45, 2.75) is 33.2 Å². The minimum atomic E-state index is -0.0614. The van der Waals surface area contributed by atoms with E-state index in [4.69, 9.17) is 4.42 Å². The maximum absolute atomic E-state index is 12.4. The number of aryl methyl sites for hydroxylation is 1. The lowest BCUT2D eigenvalue weighted by molar-refractivity contribution is 0.0940. The third kappa shape index (κ3) is 4.12. The Hall–Kier alpha value is -2.23. The van der Waals surface area contributed by atoms with Gasteiger partial charge in [0.25, 0.3) is 5.91 Å². The summed E-state index contributed by atoms with van der Waals surface area (Å²) in [5.74, 6) is 0.813. The van der Waals surface area contributed by atoms with Crippen molar-refractivity contribution in [3.05, 3.63) is 53.5 Å². The normalized spacial score (nSPS) is 12.0. The van der Waals surface area contributed by atoms with Gasteiger partial charge in [-0.15, -0.1) is 0 Å². The fourth-order valence-corrected chi connectivity index (χ4v) is 2.27. The fourth-order valence-electron chi connectivity index (χ4n) is 2.27. The molecule has 1 unspecified atom stereocenters. The fraction of sp³-hybridized carbons (Fsp3) is 0.353. The molecule has 0 bridgehead atoms. The van der Waals surface area contributed by atoms with Crippen molar-refractivity contribution in [2.24, 2.45) is 0 Å². The van der Waals surface area contributed by atoms with Crippen LogP contribution in [0.25, 0.3) is 0 Å². The first kappa shape index (κ1) is 15.2. The number of rotatable bonds is 6. The highest BCUT2D eigenvalue weighted by Gasteiger charge is 2.15. The number of carbonyl (C=O) groups is 1. The molecule has 0 aliphatic rings. The van der Waals surface area contributed by atoms with Gasteiger partial charge in [-0.3, -0.25) is 4.79 Å². The molecule has 1 aromatic heterocycles. The molecule has 112 valence electrons. The molecule has 2 aromatic rings. The van der Waals surface area contributed by atoms with E-state index in [1.54, 1.807) is 6.26 Å². The van der Waals surface area contributed by atoms with Crippen molar-refractivity contribution in [1.29, 1.82) is 0 Å². The van der Waals surface area contributed by atoms with E-state index >= 15 is 0 Å². The highest BCUT2D eigenvalue weighted by Crippen LogP contribution is 2.17. The van der Waals surface area contributed by atoms with Gasteiger partial charge in [-0.05, 0) is 45.0 Å². The minimum absolute atomic E-state index is 0.0126. The van der Waals surface area contributed by atoms with Gasteiger partial charge in [0.15, 0.2) is 0 Å².